The Balaban J connectivity index is 1.95. The number of rotatable bonds is 2. The van der Waals surface area contributed by atoms with Gasteiger partial charge in [0.15, 0.2) is 0 Å². The monoisotopic (exact) mass is 292 g/mol. The fourth-order valence-corrected chi connectivity index (χ4v) is 3.87. The molecule has 0 aromatic heterocycles. The van der Waals surface area contributed by atoms with E-state index in [1.807, 2.05) is 13.8 Å². The van der Waals surface area contributed by atoms with Crippen molar-refractivity contribution in [2.24, 2.45) is 0 Å². The topological polar surface area (TPSA) is 49.9 Å². The second kappa shape index (κ2) is 4.41. The number of anilines is 1. The number of methoxy groups -OCH3 is 1. The molecule has 0 radical (unpaired) electrons. The van der Waals surface area contributed by atoms with E-state index in [1.54, 1.807) is 48.0 Å². The van der Waals surface area contributed by atoms with Gasteiger partial charge in [0.25, 0.3) is 5.91 Å². The van der Waals surface area contributed by atoms with E-state index in [0.717, 1.165) is 0 Å². The van der Waals surface area contributed by atoms with Crippen molar-refractivity contribution in [2.45, 2.75) is 24.8 Å². The van der Waals surface area contributed by atoms with Gasteiger partial charge in [-0.15, -0.1) is 11.8 Å². The lowest BCUT2D eigenvalue weighted by molar-refractivity contribution is -0.119. The van der Waals surface area contributed by atoms with Gasteiger partial charge in [-0.1, -0.05) is 0 Å². The van der Waals surface area contributed by atoms with Crippen molar-refractivity contribution in [3.05, 3.63) is 24.3 Å². The van der Waals surface area contributed by atoms with E-state index in [4.69, 9.17) is 4.74 Å². The molecule has 106 valence electrons. The molecular weight excluding hydrogens is 276 g/mol. The first-order valence-electron chi connectivity index (χ1n) is 6.41. The van der Waals surface area contributed by atoms with Crippen molar-refractivity contribution in [1.82, 2.24) is 4.90 Å². The molecule has 0 saturated carbocycles. The average Bonchev–Trinajstić information content (AvgIpc) is 2.87. The first-order valence-corrected chi connectivity index (χ1v) is 7.39. The van der Waals surface area contributed by atoms with Crippen molar-refractivity contribution in [2.75, 3.05) is 17.8 Å². The number of hydrogen-bond acceptors (Lipinski definition) is 4. The zero-order valence-electron chi connectivity index (χ0n) is 11.6. The van der Waals surface area contributed by atoms with E-state index in [9.17, 15) is 9.59 Å². The van der Waals surface area contributed by atoms with Gasteiger partial charge in [0.1, 0.15) is 11.8 Å². The Kier molecular flexibility index (Phi) is 2.93. The van der Waals surface area contributed by atoms with Gasteiger partial charge in [-0.3, -0.25) is 9.69 Å². The van der Waals surface area contributed by atoms with Crippen molar-refractivity contribution < 1.29 is 14.3 Å². The van der Waals surface area contributed by atoms with Crippen molar-refractivity contribution in [3.8, 4) is 5.75 Å². The van der Waals surface area contributed by atoms with E-state index in [-0.39, 0.29) is 22.9 Å². The summed E-state index contributed by atoms with van der Waals surface area (Å²) in [6.07, 6.45) is 0. The summed E-state index contributed by atoms with van der Waals surface area (Å²) < 4.78 is 5.09. The maximum absolute atomic E-state index is 12.6. The quantitative estimate of drug-likeness (QED) is 0.785. The zero-order chi connectivity index (χ0) is 14.5. The van der Waals surface area contributed by atoms with Gasteiger partial charge in [-0.05, 0) is 38.1 Å². The third kappa shape index (κ3) is 1.78. The summed E-state index contributed by atoms with van der Waals surface area (Å²) >= 11 is 1.64. The molecule has 3 amide bonds. The fraction of sp³-hybridized carbons (Fsp3) is 0.429. The van der Waals surface area contributed by atoms with Crippen molar-refractivity contribution in [3.63, 3.8) is 0 Å². The molecule has 2 aliphatic heterocycles. The van der Waals surface area contributed by atoms with Crippen LogP contribution in [0.4, 0.5) is 10.5 Å². The molecular formula is C14H16N2O3S. The van der Waals surface area contributed by atoms with E-state index < -0.39 is 0 Å². The number of urea groups is 1. The predicted molar refractivity (Wildman–Crippen MR) is 78.0 cm³/mol. The van der Waals surface area contributed by atoms with E-state index in [1.165, 1.54) is 4.90 Å². The van der Waals surface area contributed by atoms with Gasteiger partial charge in [0.2, 0.25) is 0 Å². The van der Waals surface area contributed by atoms with Crippen molar-refractivity contribution in [1.29, 1.82) is 0 Å². The number of hydrogen-bond donors (Lipinski definition) is 0. The van der Waals surface area contributed by atoms with Crippen LogP contribution in [0.5, 0.6) is 5.75 Å². The minimum Gasteiger partial charge on any atom is -0.497 e. The Hall–Kier alpha value is -1.69. The number of ether oxygens (including phenoxy) is 1. The molecule has 1 aromatic rings. The van der Waals surface area contributed by atoms with Crippen LogP contribution in [0.3, 0.4) is 0 Å². The molecule has 20 heavy (non-hydrogen) atoms. The van der Waals surface area contributed by atoms with Crippen LogP contribution >= 0.6 is 11.8 Å². The highest BCUT2D eigenvalue weighted by Gasteiger charge is 2.55. The SMILES string of the molecule is COc1ccc(N2C(=O)C3CSC(C)(C)N3C2=O)cc1. The number of thioether (sulfide) groups is 1. The summed E-state index contributed by atoms with van der Waals surface area (Å²) in [7, 11) is 1.58. The Labute approximate surface area is 121 Å². The summed E-state index contributed by atoms with van der Waals surface area (Å²) in [4.78, 5) is 27.6. The molecule has 1 unspecified atom stereocenters. The number of carbonyl (C=O) groups excluding carboxylic acids is 2. The van der Waals surface area contributed by atoms with Crippen LogP contribution in [0.25, 0.3) is 0 Å². The van der Waals surface area contributed by atoms with Crippen molar-refractivity contribution >= 4 is 29.4 Å². The highest BCUT2D eigenvalue weighted by atomic mass is 32.2. The normalized spacial score (nSPS) is 24.2. The summed E-state index contributed by atoms with van der Waals surface area (Å²) in [6.45, 7) is 3.95. The molecule has 0 aliphatic carbocycles. The van der Waals surface area contributed by atoms with Crippen LogP contribution in [0, 0.1) is 0 Å². The lowest BCUT2D eigenvalue weighted by Crippen LogP contribution is -2.43. The molecule has 0 spiro atoms. The van der Waals surface area contributed by atoms with E-state index in [2.05, 4.69) is 0 Å². The first-order chi connectivity index (χ1) is 9.45. The molecule has 0 bridgehead atoms. The highest BCUT2D eigenvalue weighted by Crippen LogP contribution is 2.44. The Morgan fingerprint density at radius 2 is 1.90 bits per heavy atom. The average molecular weight is 292 g/mol. The summed E-state index contributed by atoms with van der Waals surface area (Å²) in [5, 5.41) is 0. The second-order valence-corrected chi connectivity index (χ2v) is 6.92. The standard InChI is InChI=1S/C14H16N2O3S/c1-14(2)16-11(8-20-14)12(17)15(13(16)18)9-4-6-10(19-3)7-5-9/h4-7,11H,8H2,1-3H3. The summed E-state index contributed by atoms with van der Waals surface area (Å²) in [5.41, 5.74) is 0.594. The van der Waals surface area contributed by atoms with Crippen LogP contribution in [0.2, 0.25) is 0 Å². The Morgan fingerprint density at radius 1 is 1.25 bits per heavy atom. The number of nitrogens with zero attached hydrogens (tertiary/aromatic N) is 2. The van der Waals surface area contributed by atoms with Crippen LogP contribution in [0.15, 0.2) is 24.3 Å². The molecule has 2 fully saturated rings. The second-order valence-electron chi connectivity index (χ2n) is 5.30. The van der Waals surface area contributed by atoms with Gasteiger partial charge in [-0.25, -0.2) is 9.69 Å². The molecule has 6 heteroatoms. The molecule has 2 saturated heterocycles. The number of fused-ring (bicyclic) bond motifs is 1. The molecule has 5 nitrogen and oxygen atoms in total. The van der Waals surface area contributed by atoms with Gasteiger partial charge in [-0.2, -0.15) is 0 Å². The number of benzene rings is 1. The Morgan fingerprint density at radius 3 is 2.45 bits per heavy atom. The summed E-state index contributed by atoms with van der Waals surface area (Å²) in [6, 6.07) is 6.39. The van der Waals surface area contributed by atoms with Crippen LogP contribution in [-0.2, 0) is 4.79 Å². The largest absolute Gasteiger partial charge is 0.497 e. The highest BCUT2D eigenvalue weighted by molar-refractivity contribution is 8.00. The summed E-state index contributed by atoms with van der Waals surface area (Å²) in [5.74, 6) is 1.21. The van der Waals surface area contributed by atoms with Crippen LogP contribution in [0.1, 0.15) is 13.8 Å². The fourth-order valence-electron chi connectivity index (χ4n) is 2.67. The van der Waals surface area contributed by atoms with E-state index >= 15 is 0 Å². The lowest BCUT2D eigenvalue weighted by atomic mass is 10.2. The van der Waals surface area contributed by atoms with Gasteiger partial charge < -0.3 is 4.74 Å². The zero-order valence-corrected chi connectivity index (χ0v) is 12.4. The smallest absolute Gasteiger partial charge is 0.333 e. The number of imide groups is 1. The first kappa shape index (κ1) is 13.3. The van der Waals surface area contributed by atoms with Gasteiger partial charge in [0, 0.05) is 5.75 Å². The molecule has 1 aromatic carbocycles. The van der Waals surface area contributed by atoms with Gasteiger partial charge >= 0.3 is 6.03 Å². The molecule has 2 aliphatic rings. The predicted octanol–water partition coefficient (Wildman–Crippen LogP) is 2.32. The number of amides is 3. The third-order valence-electron chi connectivity index (χ3n) is 3.72. The van der Waals surface area contributed by atoms with Crippen LogP contribution in [-0.4, -0.2) is 40.6 Å². The third-order valence-corrected chi connectivity index (χ3v) is 5.11. The maximum atomic E-state index is 12.6. The van der Waals surface area contributed by atoms with Gasteiger partial charge in [0.05, 0.1) is 17.7 Å². The molecule has 0 N–H and O–H groups in total. The minimum atomic E-state index is -0.343. The lowest BCUT2D eigenvalue weighted by Gasteiger charge is -2.29. The molecule has 1 atom stereocenters. The molecule has 3 rings (SSSR count). The minimum absolute atomic E-state index is 0.141. The Bertz CT molecular complexity index is 570. The van der Waals surface area contributed by atoms with Crippen LogP contribution < -0.4 is 9.64 Å². The molecule has 2 heterocycles. The van der Waals surface area contributed by atoms with E-state index in [0.29, 0.717) is 17.2 Å². The number of carbonyl (C=O) groups is 2. The maximum Gasteiger partial charge on any atom is 0.333 e.